The maximum atomic E-state index is 5.24. The second-order valence-electron chi connectivity index (χ2n) is 4.66. The molecular weight excluding hydrogens is 218 g/mol. The van der Waals surface area contributed by atoms with Crippen LogP contribution in [0.5, 0.6) is 0 Å². The van der Waals surface area contributed by atoms with E-state index in [9.17, 15) is 0 Å². The highest BCUT2D eigenvalue weighted by Crippen LogP contribution is 2.07. The van der Waals surface area contributed by atoms with Crippen molar-refractivity contribution < 1.29 is 0 Å². The lowest BCUT2D eigenvalue weighted by atomic mass is 10.3. The van der Waals surface area contributed by atoms with E-state index < -0.39 is 0 Å². The van der Waals surface area contributed by atoms with Gasteiger partial charge in [0.2, 0.25) is 0 Å². The predicted octanol–water partition coefficient (Wildman–Crippen LogP) is 1.73. The third kappa shape index (κ3) is 5.66. The molecule has 94 valence electrons. The Hall–Kier alpha value is -0.350. The molecule has 0 radical (unpaired) electrons. The van der Waals surface area contributed by atoms with Crippen molar-refractivity contribution in [3.63, 3.8) is 0 Å². The van der Waals surface area contributed by atoms with Gasteiger partial charge in [0.05, 0.1) is 0 Å². The molecule has 1 rings (SSSR count). The third-order valence-corrected chi connectivity index (χ3v) is 3.19. The van der Waals surface area contributed by atoms with E-state index in [1.807, 2.05) is 0 Å². The van der Waals surface area contributed by atoms with Gasteiger partial charge in [0.15, 0.2) is 5.11 Å². The molecule has 1 aliphatic heterocycles. The summed E-state index contributed by atoms with van der Waals surface area (Å²) in [4.78, 5) is 2.51. The van der Waals surface area contributed by atoms with E-state index in [4.69, 9.17) is 12.2 Å². The molecule has 0 spiro atoms. The second kappa shape index (κ2) is 7.85. The average molecular weight is 243 g/mol. The minimum atomic E-state index is 0.444. The van der Waals surface area contributed by atoms with E-state index in [0.29, 0.717) is 6.04 Å². The van der Waals surface area contributed by atoms with Crippen molar-refractivity contribution in [2.75, 3.05) is 26.2 Å². The highest BCUT2D eigenvalue weighted by Gasteiger charge is 2.14. The van der Waals surface area contributed by atoms with Gasteiger partial charge >= 0.3 is 0 Å². The Bertz CT molecular complexity index is 202. The summed E-state index contributed by atoms with van der Waals surface area (Å²) < 4.78 is 0. The lowest BCUT2D eigenvalue weighted by Gasteiger charge is -2.22. The van der Waals surface area contributed by atoms with Gasteiger partial charge in [-0.2, -0.15) is 0 Å². The molecule has 0 saturated carbocycles. The van der Waals surface area contributed by atoms with Gasteiger partial charge in [-0.3, -0.25) is 0 Å². The Morgan fingerprint density at radius 2 is 2.06 bits per heavy atom. The predicted molar refractivity (Wildman–Crippen MR) is 73.8 cm³/mol. The zero-order valence-electron chi connectivity index (χ0n) is 10.6. The van der Waals surface area contributed by atoms with Crippen molar-refractivity contribution in [3.05, 3.63) is 0 Å². The molecule has 0 aliphatic carbocycles. The maximum Gasteiger partial charge on any atom is 0.166 e. The monoisotopic (exact) mass is 243 g/mol. The summed E-state index contributed by atoms with van der Waals surface area (Å²) in [5.74, 6) is 0. The molecule has 3 nitrogen and oxygen atoms in total. The molecule has 1 unspecified atom stereocenters. The molecule has 2 N–H and O–H groups in total. The molecule has 4 heteroatoms. The van der Waals surface area contributed by atoms with Crippen molar-refractivity contribution in [1.29, 1.82) is 0 Å². The van der Waals surface area contributed by atoms with Crippen LogP contribution < -0.4 is 10.6 Å². The van der Waals surface area contributed by atoms with Gasteiger partial charge in [-0.15, -0.1) is 0 Å². The molecule has 0 amide bonds. The molecule has 1 heterocycles. The van der Waals surface area contributed by atoms with Crippen LogP contribution in [-0.2, 0) is 0 Å². The van der Waals surface area contributed by atoms with Crippen LogP contribution in [0.2, 0.25) is 0 Å². The third-order valence-electron chi connectivity index (χ3n) is 2.92. The van der Waals surface area contributed by atoms with Crippen molar-refractivity contribution in [3.8, 4) is 0 Å². The normalized spacial score (nSPS) is 18.4. The highest BCUT2D eigenvalue weighted by atomic mass is 32.1. The fourth-order valence-corrected chi connectivity index (χ4v) is 2.35. The fraction of sp³-hybridized carbons (Fsp3) is 0.917. The molecule has 16 heavy (non-hydrogen) atoms. The number of thiocarbonyl (C=S) groups is 1. The fourth-order valence-electron chi connectivity index (χ4n) is 2.05. The number of hydrogen-bond donors (Lipinski definition) is 2. The summed E-state index contributed by atoms with van der Waals surface area (Å²) >= 11 is 5.24. The molecular formula is C12H25N3S. The molecule has 0 aromatic rings. The molecule has 1 atom stereocenters. The first-order valence-electron chi connectivity index (χ1n) is 6.49. The molecule has 0 aromatic carbocycles. The molecule has 1 saturated heterocycles. The largest absolute Gasteiger partial charge is 0.363 e. The van der Waals surface area contributed by atoms with E-state index in [1.165, 1.54) is 38.8 Å². The molecule has 0 bridgehead atoms. The molecule has 1 fully saturated rings. The van der Waals surface area contributed by atoms with E-state index in [0.717, 1.165) is 18.2 Å². The van der Waals surface area contributed by atoms with Gasteiger partial charge in [-0.25, -0.2) is 0 Å². The van der Waals surface area contributed by atoms with Crippen LogP contribution in [0.1, 0.15) is 39.5 Å². The first-order chi connectivity index (χ1) is 7.72. The summed E-state index contributed by atoms with van der Waals surface area (Å²) in [6, 6.07) is 0.444. The Labute approximate surface area is 105 Å². The number of nitrogens with one attached hydrogen (secondary N) is 2. The van der Waals surface area contributed by atoms with Crippen molar-refractivity contribution in [1.82, 2.24) is 15.5 Å². The van der Waals surface area contributed by atoms with E-state index in [1.54, 1.807) is 0 Å². The zero-order valence-corrected chi connectivity index (χ0v) is 11.4. The minimum Gasteiger partial charge on any atom is -0.363 e. The van der Waals surface area contributed by atoms with Crippen LogP contribution in [0.4, 0.5) is 0 Å². The van der Waals surface area contributed by atoms with Crippen LogP contribution in [-0.4, -0.2) is 42.2 Å². The Kier molecular flexibility index (Phi) is 6.73. The van der Waals surface area contributed by atoms with Crippen molar-refractivity contribution in [2.45, 2.75) is 45.6 Å². The SMILES string of the molecule is CCCCNC(=S)NC(C)CN1CCCC1. The Morgan fingerprint density at radius 3 is 2.69 bits per heavy atom. The summed E-state index contributed by atoms with van der Waals surface area (Å²) in [6.07, 6.45) is 5.10. The van der Waals surface area contributed by atoms with Crippen LogP contribution in [0.15, 0.2) is 0 Å². The van der Waals surface area contributed by atoms with E-state index >= 15 is 0 Å². The number of hydrogen-bond acceptors (Lipinski definition) is 2. The minimum absolute atomic E-state index is 0.444. The van der Waals surface area contributed by atoms with Gasteiger partial charge < -0.3 is 15.5 Å². The maximum absolute atomic E-state index is 5.24. The number of rotatable bonds is 6. The summed E-state index contributed by atoms with van der Waals surface area (Å²) in [7, 11) is 0. The standard InChI is InChI=1S/C12H25N3S/c1-3-4-7-13-12(16)14-11(2)10-15-8-5-6-9-15/h11H,3-10H2,1-2H3,(H2,13,14,16). The van der Waals surface area contributed by atoms with Crippen LogP contribution >= 0.6 is 12.2 Å². The lowest BCUT2D eigenvalue weighted by molar-refractivity contribution is 0.311. The first-order valence-corrected chi connectivity index (χ1v) is 6.90. The number of unbranched alkanes of at least 4 members (excludes halogenated alkanes) is 1. The quantitative estimate of drug-likeness (QED) is 0.549. The molecule has 1 aliphatic rings. The topological polar surface area (TPSA) is 27.3 Å². The van der Waals surface area contributed by atoms with Crippen LogP contribution in [0, 0.1) is 0 Å². The van der Waals surface area contributed by atoms with E-state index in [-0.39, 0.29) is 0 Å². The first kappa shape index (κ1) is 13.7. The van der Waals surface area contributed by atoms with Gasteiger partial charge in [0.25, 0.3) is 0 Å². The lowest BCUT2D eigenvalue weighted by Crippen LogP contribution is -2.45. The van der Waals surface area contributed by atoms with Gasteiger partial charge in [-0.05, 0) is 51.5 Å². The smallest absolute Gasteiger partial charge is 0.166 e. The molecule has 0 aromatic heterocycles. The Balaban J connectivity index is 2.07. The van der Waals surface area contributed by atoms with Crippen LogP contribution in [0.25, 0.3) is 0 Å². The second-order valence-corrected chi connectivity index (χ2v) is 5.07. The average Bonchev–Trinajstić information content (AvgIpc) is 2.70. The van der Waals surface area contributed by atoms with Gasteiger partial charge in [0, 0.05) is 19.1 Å². The summed E-state index contributed by atoms with van der Waals surface area (Å²) in [5, 5.41) is 7.39. The van der Waals surface area contributed by atoms with Crippen LogP contribution in [0.3, 0.4) is 0 Å². The Morgan fingerprint density at radius 1 is 1.38 bits per heavy atom. The number of nitrogens with zero attached hydrogens (tertiary/aromatic N) is 1. The van der Waals surface area contributed by atoms with Gasteiger partial charge in [-0.1, -0.05) is 13.3 Å². The summed E-state index contributed by atoms with van der Waals surface area (Å²) in [6.45, 7) is 8.98. The summed E-state index contributed by atoms with van der Waals surface area (Å²) in [5.41, 5.74) is 0. The highest BCUT2D eigenvalue weighted by molar-refractivity contribution is 7.80. The van der Waals surface area contributed by atoms with Crippen molar-refractivity contribution in [2.24, 2.45) is 0 Å². The van der Waals surface area contributed by atoms with Gasteiger partial charge in [0.1, 0.15) is 0 Å². The zero-order chi connectivity index (χ0) is 11.8. The van der Waals surface area contributed by atoms with Crippen molar-refractivity contribution >= 4 is 17.3 Å². The van der Waals surface area contributed by atoms with E-state index in [2.05, 4.69) is 29.4 Å². The number of likely N-dealkylation sites (tertiary alicyclic amines) is 1.